The molecule has 0 bridgehead atoms. The van der Waals surface area contributed by atoms with Crippen molar-refractivity contribution in [3.05, 3.63) is 59.2 Å². The van der Waals surface area contributed by atoms with Crippen LogP contribution in [0.5, 0.6) is 11.5 Å². The first-order valence-electron chi connectivity index (χ1n) is 11.9. The predicted octanol–water partition coefficient (Wildman–Crippen LogP) is 4.50. The fourth-order valence-electron chi connectivity index (χ4n) is 3.64. The van der Waals surface area contributed by atoms with E-state index >= 15 is 0 Å². The average Bonchev–Trinajstić information content (AvgIpc) is 2.87. The van der Waals surface area contributed by atoms with E-state index in [0.29, 0.717) is 30.3 Å². The quantitative estimate of drug-likeness (QED) is 0.212. The molecule has 9 nitrogen and oxygen atoms in total. The van der Waals surface area contributed by atoms with Gasteiger partial charge < -0.3 is 14.2 Å². The van der Waals surface area contributed by atoms with Gasteiger partial charge in [-0.3, -0.25) is 14.9 Å². The van der Waals surface area contributed by atoms with Crippen LogP contribution >= 0.6 is 0 Å². The standard InChI is InChI=1S/C27H30N2O7/c1-4-6-7-8-15-36-22-14-9-18(17-23(22)35-5-2)16-21-24(30)28-27(33)29(25(21)31)20-12-10-19(11-13-20)26(32)34-3/h9-14,16-17H,4-8,15H2,1-3H3,(H,28,30,33). The number of carbonyl (C=O) groups excluding carboxylic acids is 4. The minimum absolute atomic E-state index is 0.199. The Morgan fingerprint density at radius 1 is 0.944 bits per heavy atom. The van der Waals surface area contributed by atoms with Crippen molar-refractivity contribution in [2.75, 3.05) is 25.2 Å². The van der Waals surface area contributed by atoms with E-state index in [1.165, 1.54) is 37.5 Å². The lowest BCUT2D eigenvalue weighted by molar-refractivity contribution is -0.122. The molecule has 1 saturated heterocycles. The van der Waals surface area contributed by atoms with Gasteiger partial charge in [0, 0.05) is 0 Å². The predicted molar refractivity (Wildman–Crippen MR) is 134 cm³/mol. The molecule has 0 atom stereocenters. The van der Waals surface area contributed by atoms with Gasteiger partial charge in [-0.2, -0.15) is 0 Å². The van der Waals surface area contributed by atoms with Gasteiger partial charge in [0.05, 0.1) is 31.6 Å². The molecule has 0 unspecified atom stereocenters. The van der Waals surface area contributed by atoms with Crippen molar-refractivity contribution >= 4 is 35.6 Å². The summed E-state index contributed by atoms with van der Waals surface area (Å²) in [7, 11) is 1.25. The Balaban J connectivity index is 1.84. The molecule has 1 heterocycles. The number of benzene rings is 2. The molecule has 3 rings (SSSR count). The van der Waals surface area contributed by atoms with Gasteiger partial charge in [-0.15, -0.1) is 0 Å². The second kappa shape index (κ2) is 12.5. The maximum absolute atomic E-state index is 13.2. The number of ether oxygens (including phenoxy) is 3. The molecular weight excluding hydrogens is 464 g/mol. The number of carbonyl (C=O) groups is 4. The van der Waals surface area contributed by atoms with Crippen molar-refractivity contribution in [1.82, 2.24) is 5.32 Å². The number of rotatable bonds is 11. The van der Waals surface area contributed by atoms with Gasteiger partial charge in [0.25, 0.3) is 11.8 Å². The molecule has 0 saturated carbocycles. The maximum atomic E-state index is 13.2. The van der Waals surface area contributed by atoms with E-state index in [2.05, 4.69) is 17.0 Å². The number of nitrogens with one attached hydrogen (secondary N) is 1. The Labute approximate surface area is 210 Å². The van der Waals surface area contributed by atoms with E-state index in [9.17, 15) is 19.2 Å². The van der Waals surface area contributed by atoms with Crippen LogP contribution in [0.2, 0.25) is 0 Å². The molecule has 36 heavy (non-hydrogen) atoms. The summed E-state index contributed by atoms with van der Waals surface area (Å²) in [6, 6.07) is 9.96. The molecule has 1 aliphatic rings. The Morgan fingerprint density at radius 2 is 1.69 bits per heavy atom. The highest BCUT2D eigenvalue weighted by Gasteiger charge is 2.36. The number of unbranched alkanes of at least 4 members (excludes halogenated alkanes) is 3. The molecule has 4 amide bonds. The van der Waals surface area contributed by atoms with Crippen LogP contribution in [0.1, 0.15) is 55.5 Å². The first kappa shape index (κ1) is 26.5. The third-order valence-electron chi connectivity index (χ3n) is 5.48. The molecule has 0 aromatic heterocycles. The molecule has 1 N–H and O–H groups in total. The van der Waals surface area contributed by atoms with E-state index in [1.54, 1.807) is 18.2 Å². The van der Waals surface area contributed by atoms with Crippen LogP contribution in [-0.2, 0) is 14.3 Å². The second-order valence-electron chi connectivity index (χ2n) is 8.04. The Morgan fingerprint density at radius 3 is 2.36 bits per heavy atom. The number of esters is 1. The van der Waals surface area contributed by atoms with Crippen LogP contribution in [0.25, 0.3) is 6.08 Å². The van der Waals surface area contributed by atoms with Crippen LogP contribution in [0.3, 0.4) is 0 Å². The SMILES string of the molecule is CCCCCCOc1ccc(C=C2C(=O)NC(=O)N(c3ccc(C(=O)OC)cc3)C2=O)cc1OCC. The maximum Gasteiger partial charge on any atom is 0.337 e. The first-order chi connectivity index (χ1) is 17.4. The molecule has 9 heteroatoms. The van der Waals surface area contributed by atoms with Gasteiger partial charge in [-0.25, -0.2) is 14.5 Å². The minimum atomic E-state index is -0.880. The van der Waals surface area contributed by atoms with Gasteiger partial charge in [-0.1, -0.05) is 32.3 Å². The summed E-state index contributed by atoms with van der Waals surface area (Å²) in [5.74, 6) is -1.06. The molecule has 1 fully saturated rings. The zero-order valence-corrected chi connectivity index (χ0v) is 20.7. The fourth-order valence-corrected chi connectivity index (χ4v) is 3.64. The van der Waals surface area contributed by atoms with E-state index < -0.39 is 23.8 Å². The van der Waals surface area contributed by atoms with Crippen LogP contribution in [-0.4, -0.2) is 44.1 Å². The zero-order chi connectivity index (χ0) is 26.1. The average molecular weight is 495 g/mol. The summed E-state index contributed by atoms with van der Waals surface area (Å²) in [5.41, 5.74) is 0.771. The molecule has 1 aliphatic heterocycles. The summed E-state index contributed by atoms with van der Waals surface area (Å²) in [6.07, 6.45) is 5.71. The van der Waals surface area contributed by atoms with Gasteiger partial charge in [0.2, 0.25) is 0 Å². The molecular formula is C27H30N2O7. The second-order valence-corrected chi connectivity index (χ2v) is 8.04. The summed E-state index contributed by atoms with van der Waals surface area (Å²) >= 11 is 0. The van der Waals surface area contributed by atoms with E-state index in [0.717, 1.165) is 30.6 Å². The molecule has 0 aliphatic carbocycles. The smallest absolute Gasteiger partial charge is 0.337 e. The molecule has 2 aromatic rings. The number of nitrogens with zero attached hydrogens (tertiary/aromatic N) is 1. The Kier molecular flexibility index (Phi) is 9.21. The van der Waals surface area contributed by atoms with Crippen molar-refractivity contribution in [2.24, 2.45) is 0 Å². The van der Waals surface area contributed by atoms with Crippen molar-refractivity contribution in [3.8, 4) is 11.5 Å². The number of hydrogen-bond acceptors (Lipinski definition) is 7. The van der Waals surface area contributed by atoms with Crippen molar-refractivity contribution in [1.29, 1.82) is 0 Å². The number of imide groups is 2. The number of barbiturate groups is 1. The van der Waals surface area contributed by atoms with Crippen LogP contribution < -0.4 is 19.7 Å². The van der Waals surface area contributed by atoms with E-state index in [-0.39, 0.29) is 16.8 Å². The third kappa shape index (κ3) is 6.29. The Bertz CT molecular complexity index is 1160. The minimum Gasteiger partial charge on any atom is -0.490 e. The highest BCUT2D eigenvalue weighted by Crippen LogP contribution is 2.30. The summed E-state index contributed by atoms with van der Waals surface area (Å²) < 4.78 is 16.2. The number of urea groups is 1. The van der Waals surface area contributed by atoms with E-state index in [1.807, 2.05) is 6.92 Å². The topological polar surface area (TPSA) is 111 Å². The van der Waals surface area contributed by atoms with Gasteiger partial charge in [0.1, 0.15) is 5.57 Å². The Hall–Kier alpha value is -4.14. The lowest BCUT2D eigenvalue weighted by Crippen LogP contribution is -2.54. The summed E-state index contributed by atoms with van der Waals surface area (Å²) in [6.45, 7) is 4.97. The molecule has 2 aromatic carbocycles. The molecule has 0 radical (unpaired) electrons. The van der Waals surface area contributed by atoms with E-state index in [4.69, 9.17) is 9.47 Å². The number of hydrogen-bond donors (Lipinski definition) is 1. The third-order valence-corrected chi connectivity index (χ3v) is 5.48. The van der Waals surface area contributed by atoms with Crippen molar-refractivity contribution < 1.29 is 33.4 Å². The van der Waals surface area contributed by atoms with Gasteiger partial charge in [-0.05, 0) is 61.4 Å². The van der Waals surface area contributed by atoms with Crippen LogP contribution in [0.15, 0.2) is 48.0 Å². The van der Waals surface area contributed by atoms with Gasteiger partial charge in [0.15, 0.2) is 11.5 Å². The lowest BCUT2D eigenvalue weighted by Gasteiger charge is -2.26. The normalized spacial score (nSPS) is 14.6. The zero-order valence-electron chi connectivity index (χ0n) is 20.7. The summed E-state index contributed by atoms with van der Waals surface area (Å²) in [5, 5.41) is 2.18. The van der Waals surface area contributed by atoms with Crippen molar-refractivity contribution in [2.45, 2.75) is 39.5 Å². The van der Waals surface area contributed by atoms with Crippen molar-refractivity contribution in [3.63, 3.8) is 0 Å². The van der Waals surface area contributed by atoms with Crippen LogP contribution in [0.4, 0.5) is 10.5 Å². The summed E-state index contributed by atoms with van der Waals surface area (Å²) in [4.78, 5) is 50.6. The fraction of sp³-hybridized carbons (Fsp3) is 0.333. The number of methoxy groups -OCH3 is 1. The highest BCUT2D eigenvalue weighted by atomic mass is 16.5. The largest absolute Gasteiger partial charge is 0.490 e. The number of anilines is 1. The van der Waals surface area contributed by atoms with Gasteiger partial charge >= 0.3 is 12.0 Å². The lowest BCUT2D eigenvalue weighted by atomic mass is 10.1. The van der Waals surface area contributed by atoms with Crippen LogP contribution in [0, 0.1) is 0 Å². The molecule has 0 spiro atoms. The number of amides is 4. The first-order valence-corrected chi connectivity index (χ1v) is 11.9. The monoisotopic (exact) mass is 494 g/mol. The molecule has 190 valence electrons. The highest BCUT2D eigenvalue weighted by molar-refractivity contribution is 6.39.